The highest BCUT2D eigenvalue weighted by Crippen LogP contribution is 2.22. The van der Waals surface area contributed by atoms with Gasteiger partial charge < -0.3 is 14.3 Å². The Kier molecular flexibility index (Phi) is 9.87. The van der Waals surface area contributed by atoms with Crippen LogP contribution in [0.5, 0.6) is 5.75 Å². The number of fused-ring (bicyclic) bond motifs is 1. The number of rotatable bonds is 2. The van der Waals surface area contributed by atoms with Gasteiger partial charge in [-0.15, -0.1) is 0 Å². The number of ether oxygens (including phenoxy) is 2. The Morgan fingerprint density at radius 2 is 1.85 bits per heavy atom. The van der Waals surface area contributed by atoms with Crippen LogP contribution in [-0.4, -0.2) is 32.6 Å². The van der Waals surface area contributed by atoms with Gasteiger partial charge in [0.2, 0.25) is 0 Å². The number of nitrogens with zero attached hydrogens (tertiary/aromatic N) is 1. The Balaban J connectivity index is 0.000000438. The molecule has 20 heavy (non-hydrogen) atoms. The largest absolute Gasteiger partial charge is 0.497 e. The van der Waals surface area contributed by atoms with Crippen LogP contribution in [0.4, 0.5) is 0 Å². The summed E-state index contributed by atoms with van der Waals surface area (Å²) in [5.74, 6) is 0.887. The van der Waals surface area contributed by atoms with Crippen molar-refractivity contribution in [3.05, 3.63) is 36.0 Å². The maximum absolute atomic E-state index is 9.17. The summed E-state index contributed by atoms with van der Waals surface area (Å²) in [6.45, 7) is 3.85. The SMILES string of the molecule is CCC=O.COC.COc1cc(C)c2ncccc2c1. The fourth-order valence-corrected chi connectivity index (χ4v) is 1.46. The average Bonchev–Trinajstić information content (AvgIpc) is 2.48. The van der Waals surface area contributed by atoms with Crippen molar-refractivity contribution in [1.82, 2.24) is 4.98 Å². The molecule has 0 aliphatic rings. The van der Waals surface area contributed by atoms with Gasteiger partial charge in [-0.3, -0.25) is 4.98 Å². The molecule has 0 bridgehead atoms. The molecule has 0 aliphatic heterocycles. The molecular weight excluding hydrogens is 254 g/mol. The monoisotopic (exact) mass is 277 g/mol. The molecule has 0 fully saturated rings. The number of hydrogen-bond donors (Lipinski definition) is 0. The smallest absolute Gasteiger partial charge is 0.119 e. The maximum atomic E-state index is 9.17. The topological polar surface area (TPSA) is 48.4 Å². The quantitative estimate of drug-likeness (QED) is 0.789. The van der Waals surface area contributed by atoms with E-state index in [0.29, 0.717) is 6.42 Å². The van der Waals surface area contributed by atoms with Crippen LogP contribution >= 0.6 is 0 Å². The Hall–Kier alpha value is -1.94. The average molecular weight is 277 g/mol. The van der Waals surface area contributed by atoms with Crippen LogP contribution in [0.15, 0.2) is 30.5 Å². The normalized spacial score (nSPS) is 8.85. The van der Waals surface area contributed by atoms with Gasteiger partial charge >= 0.3 is 0 Å². The molecule has 0 unspecified atom stereocenters. The summed E-state index contributed by atoms with van der Waals surface area (Å²) in [6.07, 6.45) is 3.32. The maximum Gasteiger partial charge on any atom is 0.119 e. The number of carbonyl (C=O) groups is 1. The minimum absolute atomic E-state index is 0.639. The van der Waals surface area contributed by atoms with Gasteiger partial charge in [0.25, 0.3) is 0 Å². The van der Waals surface area contributed by atoms with E-state index in [9.17, 15) is 4.79 Å². The van der Waals surface area contributed by atoms with E-state index < -0.39 is 0 Å². The van der Waals surface area contributed by atoms with E-state index in [1.54, 1.807) is 21.3 Å². The summed E-state index contributed by atoms with van der Waals surface area (Å²) in [5, 5.41) is 1.12. The molecule has 0 saturated heterocycles. The van der Waals surface area contributed by atoms with E-state index in [1.807, 2.05) is 44.3 Å². The lowest BCUT2D eigenvalue weighted by Gasteiger charge is -2.04. The van der Waals surface area contributed by atoms with Gasteiger partial charge in [-0.2, -0.15) is 0 Å². The number of benzene rings is 1. The summed E-state index contributed by atoms with van der Waals surface area (Å²) in [5.41, 5.74) is 2.19. The van der Waals surface area contributed by atoms with Gasteiger partial charge in [-0.25, -0.2) is 0 Å². The van der Waals surface area contributed by atoms with Crippen LogP contribution in [-0.2, 0) is 9.53 Å². The van der Waals surface area contributed by atoms with Crippen molar-refractivity contribution < 1.29 is 14.3 Å². The van der Waals surface area contributed by atoms with Crippen molar-refractivity contribution in [1.29, 1.82) is 0 Å². The van der Waals surface area contributed by atoms with E-state index in [1.165, 1.54) is 0 Å². The first-order chi connectivity index (χ1) is 9.64. The summed E-state index contributed by atoms with van der Waals surface area (Å²) >= 11 is 0. The molecule has 0 spiro atoms. The van der Waals surface area contributed by atoms with Gasteiger partial charge in [0, 0.05) is 32.2 Å². The minimum atomic E-state index is 0.639. The molecule has 2 rings (SSSR count). The molecule has 0 radical (unpaired) electrons. The van der Waals surface area contributed by atoms with Crippen molar-refractivity contribution in [3.63, 3.8) is 0 Å². The lowest BCUT2D eigenvalue weighted by molar-refractivity contribution is -0.107. The van der Waals surface area contributed by atoms with Crippen molar-refractivity contribution >= 4 is 17.2 Å². The fourth-order valence-electron chi connectivity index (χ4n) is 1.46. The number of aldehydes is 1. The minimum Gasteiger partial charge on any atom is -0.497 e. The Morgan fingerprint density at radius 1 is 1.25 bits per heavy atom. The van der Waals surface area contributed by atoms with Gasteiger partial charge in [0.15, 0.2) is 0 Å². The van der Waals surface area contributed by atoms with E-state index in [-0.39, 0.29) is 0 Å². The number of hydrogen-bond acceptors (Lipinski definition) is 4. The molecule has 0 N–H and O–H groups in total. The standard InChI is InChI=1S/C11H11NO.C3H6O.C2H6O/c1-8-6-10(13-2)7-9-4-3-5-12-11(8)9;1-2-3-4;1-3-2/h3-7H,1-2H3;3H,2H2,1H3;1-2H3. The molecule has 1 aromatic heterocycles. The summed E-state index contributed by atoms with van der Waals surface area (Å²) < 4.78 is 9.43. The number of aryl methyl sites for hydroxylation is 1. The number of pyridine rings is 1. The lowest BCUT2D eigenvalue weighted by Crippen LogP contribution is -1.87. The van der Waals surface area contributed by atoms with Crippen molar-refractivity contribution in [2.75, 3.05) is 21.3 Å². The third kappa shape index (κ3) is 6.29. The predicted octanol–water partition coefficient (Wildman–Crippen LogP) is 3.41. The zero-order chi connectivity index (χ0) is 15.4. The molecule has 4 heteroatoms. The second-order valence-electron chi connectivity index (χ2n) is 4.00. The molecule has 110 valence electrons. The number of methoxy groups -OCH3 is 2. The Morgan fingerprint density at radius 3 is 2.35 bits per heavy atom. The molecule has 0 amide bonds. The van der Waals surface area contributed by atoms with Crippen LogP contribution in [0.25, 0.3) is 10.9 Å². The highest BCUT2D eigenvalue weighted by atomic mass is 16.5. The van der Waals surface area contributed by atoms with E-state index >= 15 is 0 Å². The van der Waals surface area contributed by atoms with E-state index in [0.717, 1.165) is 28.5 Å². The third-order valence-electron chi connectivity index (χ3n) is 2.27. The van der Waals surface area contributed by atoms with Gasteiger partial charge in [0.05, 0.1) is 12.6 Å². The van der Waals surface area contributed by atoms with Crippen LogP contribution in [0.1, 0.15) is 18.9 Å². The highest BCUT2D eigenvalue weighted by molar-refractivity contribution is 5.83. The summed E-state index contributed by atoms with van der Waals surface area (Å²) in [7, 11) is 4.93. The van der Waals surface area contributed by atoms with Crippen LogP contribution in [0.2, 0.25) is 0 Å². The molecule has 0 aliphatic carbocycles. The third-order valence-corrected chi connectivity index (χ3v) is 2.27. The second-order valence-corrected chi connectivity index (χ2v) is 4.00. The molecule has 2 aromatic rings. The summed E-state index contributed by atoms with van der Waals surface area (Å²) in [6, 6.07) is 7.96. The molecule has 1 heterocycles. The van der Waals surface area contributed by atoms with E-state index in [2.05, 4.69) is 9.72 Å². The Labute approximate surface area is 120 Å². The highest BCUT2D eigenvalue weighted by Gasteiger charge is 2.00. The first-order valence-corrected chi connectivity index (χ1v) is 6.37. The van der Waals surface area contributed by atoms with Crippen LogP contribution in [0, 0.1) is 6.92 Å². The van der Waals surface area contributed by atoms with Crippen molar-refractivity contribution in [3.8, 4) is 5.75 Å². The zero-order valence-corrected chi connectivity index (χ0v) is 12.8. The number of aromatic nitrogens is 1. The first-order valence-electron chi connectivity index (χ1n) is 6.37. The molecule has 4 nitrogen and oxygen atoms in total. The lowest BCUT2D eigenvalue weighted by atomic mass is 10.1. The fraction of sp³-hybridized carbons (Fsp3) is 0.375. The molecule has 0 saturated carbocycles. The number of carbonyl (C=O) groups excluding carboxylic acids is 1. The molecular formula is C16H23NO3. The van der Waals surface area contributed by atoms with Gasteiger partial charge in [-0.1, -0.05) is 13.0 Å². The van der Waals surface area contributed by atoms with Crippen molar-refractivity contribution in [2.45, 2.75) is 20.3 Å². The predicted molar refractivity (Wildman–Crippen MR) is 82.3 cm³/mol. The van der Waals surface area contributed by atoms with E-state index in [4.69, 9.17) is 4.74 Å². The molecule has 0 atom stereocenters. The van der Waals surface area contributed by atoms with Crippen LogP contribution in [0.3, 0.4) is 0 Å². The summed E-state index contributed by atoms with van der Waals surface area (Å²) in [4.78, 5) is 13.5. The second kappa shape index (κ2) is 10.9. The van der Waals surface area contributed by atoms with Crippen LogP contribution < -0.4 is 4.74 Å². The zero-order valence-electron chi connectivity index (χ0n) is 12.8. The molecule has 1 aromatic carbocycles. The first kappa shape index (κ1) is 18.1. The Bertz CT molecular complexity index is 512. The van der Waals surface area contributed by atoms with Gasteiger partial charge in [-0.05, 0) is 30.7 Å². The van der Waals surface area contributed by atoms with Crippen molar-refractivity contribution in [2.24, 2.45) is 0 Å². The van der Waals surface area contributed by atoms with Gasteiger partial charge in [0.1, 0.15) is 12.0 Å².